The number of hydrogen-bond acceptors (Lipinski definition) is 7. The molecule has 1 N–H and O–H groups in total. The van der Waals surface area contributed by atoms with Crippen LogP contribution in [-0.4, -0.2) is 14.2 Å². The zero-order valence-corrected chi connectivity index (χ0v) is 12.6. The third kappa shape index (κ3) is 4.02. The lowest BCUT2D eigenvalue weighted by molar-refractivity contribution is -0.396. The van der Waals surface area contributed by atoms with E-state index in [0.717, 1.165) is 17.8 Å². The van der Waals surface area contributed by atoms with Crippen LogP contribution in [0.1, 0.15) is 5.76 Å². The van der Waals surface area contributed by atoms with Gasteiger partial charge in [-0.2, -0.15) is 0 Å². The quantitative estimate of drug-likeness (QED) is 0.382. The first kappa shape index (κ1) is 15.9. The number of nitro groups is 2. The molecule has 0 saturated carbocycles. The second kappa shape index (κ2) is 7.00. The number of nitro benzene ring substituents is 2. The Morgan fingerprint density at radius 2 is 2.05 bits per heavy atom. The molecule has 22 heavy (non-hydrogen) atoms. The van der Waals surface area contributed by atoms with E-state index >= 15 is 0 Å². The van der Waals surface area contributed by atoms with Crippen LogP contribution in [0.2, 0.25) is 0 Å². The summed E-state index contributed by atoms with van der Waals surface area (Å²) in [6.45, 7) is 0.347. The highest BCUT2D eigenvalue weighted by Gasteiger charge is 2.20. The molecule has 2 rings (SSSR count). The molecular weight excluding hydrogens is 330 g/mol. The van der Waals surface area contributed by atoms with Crippen molar-refractivity contribution in [3.05, 3.63) is 62.6 Å². The highest BCUT2D eigenvalue weighted by Crippen LogP contribution is 2.32. The first-order chi connectivity index (χ1) is 10.5. The molecule has 10 heteroatoms. The average Bonchev–Trinajstić information content (AvgIpc) is 2.98. The van der Waals surface area contributed by atoms with E-state index in [-0.39, 0.29) is 16.3 Å². The van der Waals surface area contributed by atoms with Crippen molar-refractivity contribution in [3.63, 3.8) is 0 Å². The molecule has 0 amide bonds. The van der Waals surface area contributed by atoms with Crippen LogP contribution in [0.25, 0.3) is 0 Å². The molecule has 114 valence electrons. The van der Waals surface area contributed by atoms with Gasteiger partial charge in [0.2, 0.25) is 0 Å². The van der Waals surface area contributed by atoms with Gasteiger partial charge in [0, 0.05) is 6.07 Å². The summed E-state index contributed by atoms with van der Waals surface area (Å²) >= 11 is 6.05. The highest BCUT2D eigenvalue weighted by atomic mass is 32.2. The van der Waals surface area contributed by atoms with Gasteiger partial charge in [-0.25, -0.2) is 0 Å². The second-order valence-corrected chi connectivity index (χ2v) is 5.71. The van der Waals surface area contributed by atoms with Crippen molar-refractivity contribution in [2.75, 3.05) is 0 Å². The Morgan fingerprint density at radius 3 is 2.64 bits per heavy atom. The summed E-state index contributed by atoms with van der Waals surface area (Å²) in [6, 6.07) is 6.91. The Labute approximate surface area is 133 Å². The molecule has 2 aromatic rings. The van der Waals surface area contributed by atoms with E-state index in [0.29, 0.717) is 16.6 Å². The number of hydrogen-bond donors (Lipinski definition) is 1. The number of non-ortho nitro benzene ring substituents is 1. The molecular formula is C12H9N3O5S2. The molecule has 0 fully saturated rings. The van der Waals surface area contributed by atoms with Crippen molar-refractivity contribution >= 4 is 39.7 Å². The summed E-state index contributed by atoms with van der Waals surface area (Å²) in [7, 11) is 0. The summed E-state index contributed by atoms with van der Waals surface area (Å²) in [5, 5.41) is 24.6. The fourth-order valence-corrected chi connectivity index (χ4v) is 2.62. The van der Waals surface area contributed by atoms with Gasteiger partial charge in [-0.15, -0.1) is 0 Å². The lowest BCUT2D eigenvalue weighted by Crippen LogP contribution is -2.17. The maximum absolute atomic E-state index is 11.0. The number of rotatable bonds is 5. The molecule has 0 radical (unpaired) electrons. The van der Waals surface area contributed by atoms with Crippen molar-refractivity contribution < 1.29 is 14.3 Å². The molecule has 8 nitrogen and oxygen atoms in total. The molecule has 0 bridgehead atoms. The van der Waals surface area contributed by atoms with Crippen molar-refractivity contribution in [3.8, 4) is 0 Å². The van der Waals surface area contributed by atoms with Crippen molar-refractivity contribution in [1.82, 2.24) is 5.32 Å². The fraction of sp³-hybridized carbons (Fsp3) is 0.0833. The summed E-state index contributed by atoms with van der Waals surface area (Å²) in [6.07, 6.45) is 1.52. The van der Waals surface area contributed by atoms with Crippen LogP contribution in [0.15, 0.2) is 45.9 Å². The monoisotopic (exact) mass is 339 g/mol. The van der Waals surface area contributed by atoms with E-state index in [1.165, 1.54) is 18.4 Å². The Balaban J connectivity index is 2.09. The van der Waals surface area contributed by atoms with E-state index in [4.69, 9.17) is 16.6 Å². The van der Waals surface area contributed by atoms with Crippen LogP contribution in [0.4, 0.5) is 11.4 Å². The minimum atomic E-state index is -0.686. The van der Waals surface area contributed by atoms with Crippen LogP contribution in [-0.2, 0) is 6.54 Å². The van der Waals surface area contributed by atoms with E-state index in [1.54, 1.807) is 12.1 Å². The van der Waals surface area contributed by atoms with Crippen molar-refractivity contribution in [2.24, 2.45) is 0 Å². The average molecular weight is 339 g/mol. The Morgan fingerprint density at radius 1 is 1.27 bits per heavy atom. The minimum Gasteiger partial charge on any atom is -0.467 e. The second-order valence-electron chi connectivity index (χ2n) is 3.99. The van der Waals surface area contributed by atoms with Crippen LogP contribution in [0.3, 0.4) is 0 Å². The molecule has 0 atom stereocenters. The summed E-state index contributed by atoms with van der Waals surface area (Å²) < 4.78 is 5.42. The maximum Gasteiger partial charge on any atom is 0.290 e. The van der Waals surface area contributed by atoms with Crippen LogP contribution in [0, 0.1) is 20.2 Å². The smallest absolute Gasteiger partial charge is 0.290 e. The largest absolute Gasteiger partial charge is 0.467 e. The number of nitrogens with one attached hydrogen (secondary N) is 1. The van der Waals surface area contributed by atoms with E-state index < -0.39 is 9.85 Å². The number of thiocarbonyl (C=S) groups is 1. The van der Waals surface area contributed by atoms with Gasteiger partial charge in [0.15, 0.2) is 0 Å². The summed E-state index contributed by atoms with van der Waals surface area (Å²) in [5.41, 5.74) is -0.702. The number of benzene rings is 1. The molecule has 0 unspecified atom stereocenters. The third-order valence-electron chi connectivity index (χ3n) is 2.54. The summed E-state index contributed by atoms with van der Waals surface area (Å²) in [4.78, 5) is 20.6. The van der Waals surface area contributed by atoms with E-state index in [9.17, 15) is 20.2 Å². The van der Waals surface area contributed by atoms with Crippen LogP contribution >= 0.6 is 24.0 Å². The standard InChI is InChI=1S/C12H9N3O5S2/c16-14(17)8-3-4-11(10(6-8)15(18)19)22-12(21)13-7-9-2-1-5-20-9/h1-6H,7H2,(H,13,21). The van der Waals surface area contributed by atoms with Crippen molar-refractivity contribution in [2.45, 2.75) is 11.4 Å². The lowest BCUT2D eigenvalue weighted by Gasteiger charge is -2.06. The van der Waals surface area contributed by atoms with Gasteiger partial charge in [0.05, 0.1) is 33.6 Å². The molecule has 1 heterocycles. The van der Waals surface area contributed by atoms with Crippen molar-refractivity contribution in [1.29, 1.82) is 0 Å². The topological polar surface area (TPSA) is 111 Å². The predicted octanol–water partition coefficient (Wildman–Crippen LogP) is 3.26. The third-order valence-corrected chi connectivity index (χ3v) is 3.83. The number of thioether (sulfide) groups is 1. The van der Waals surface area contributed by atoms with Gasteiger partial charge in [0.25, 0.3) is 11.4 Å². The normalized spacial score (nSPS) is 10.2. The fourth-order valence-electron chi connectivity index (χ4n) is 1.56. The van der Waals surface area contributed by atoms with Gasteiger partial charge < -0.3 is 9.73 Å². The minimum absolute atomic E-state index is 0.229. The Kier molecular flexibility index (Phi) is 5.07. The molecule has 0 aliphatic rings. The lowest BCUT2D eigenvalue weighted by atomic mass is 10.3. The van der Waals surface area contributed by atoms with Gasteiger partial charge in [-0.1, -0.05) is 24.0 Å². The van der Waals surface area contributed by atoms with Gasteiger partial charge in [-0.3, -0.25) is 20.2 Å². The summed E-state index contributed by atoms with van der Waals surface area (Å²) in [5.74, 6) is 0.668. The van der Waals surface area contributed by atoms with Crippen LogP contribution < -0.4 is 5.32 Å². The molecule has 1 aromatic heterocycles. The number of furan rings is 1. The highest BCUT2D eigenvalue weighted by molar-refractivity contribution is 8.23. The molecule has 0 aliphatic heterocycles. The molecule has 1 aromatic carbocycles. The van der Waals surface area contributed by atoms with E-state index in [2.05, 4.69) is 5.32 Å². The SMILES string of the molecule is O=[N+]([O-])c1ccc(SC(=S)NCc2ccco2)c([N+](=O)[O-])c1. The van der Waals surface area contributed by atoms with Gasteiger partial charge >= 0.3 is 0 Å². The zero-order chi connectivity index (χ0) is 16.1. The molecule has 0 aliphatic carbocycles. The zero-order valence-electron chi connectivity index (χ0n) is 10.9. The first-order valence-corrected chi connectivity index (χ1v) is 7.10. The Hall–Kier alpha value is -2.46. The number of nitrogens with zero attached hydrogens (tertiary/aromatic N) is 2. The predicted molar refractivity (Wildman–Crippen MR) is 83.8 cm³/mol. The molecule has 0 spiro atoms. The maximum atomic E-state index is 11.0. The van der Waals surface area contributed by atoms with Gasteiger partial charge in [-0.05, 0) is 18.2 Å². The first-order valence-electron chi connectivity index (χ1n) is 5.88. The van der Waals surface area contributed by atoms with Gasteiger partial charge in [0.1, 0.15) is 10.1 Å². The van der Waals surface area contributed by atoms with Crippen LogP contribution in [0.5, 0.6) is 0 Å². The van der Waals surface area contributed by atoms with E-state index in [1.807, 2.05) is 0 Å². The molecule has 0 saturated heterocycles. The Bertz CT molecular complexity index is 718.